The Bertz CT molecular complexity index is 1140. The van der Waals surface area contributed by atoms with Gasteiger partial charge in [0.1, 0.15) is 6.61 Å². The number of carbonyl (C=O) groups excluding carboxylic acids is 2. The van der Waals surface area contributed by atoms with E-state index in [1.54, 1.807) is 0 Å². The number of aliphatic hydroxyl groups excluding tert-OH is 1. The Morgan fingerprint density at radius 1 is 0.460 bits per heavy atom. The highest BCUT2D eigenvalue weighted by Gasteiger charge is 2.15. The van der Waals surface area contributed by atoms with Crippen molar-refractivity contribution in [2.24, 2.45) is 0 Å². The van der Waals surface area contributed by atoms with Gasteiger partial charge in [-0.3, -0.25) is 9.59 Å². The molecule has 0 unspecified atom stereocenters. The van der Waals surface area contributed by atoms with E-state index in [1.807, 2.05) is 12.2 Å². The summed E-state index contributed by atoms with van der Waals surface area (Å²) in [6.07, 6.45) is 59.5. The molecule has 5 nitrogen and oxygen atoms in total. The number of rotatable bonds is 31. The van der Waals surface area contributed by atoms with E-state index in [-0.39, 0.29) is 32.0 Å². The Morgan fingerprint density at radius 3 is 1.16 bits per heavy atom. The normalized spacial score (nSPS) is 13.7. The summed E-state index contributed by atoms with van der Waals surface area (Å²) in [7, 11) is 0. The highest BCUT2D eigenvalue weighted by molar-refractivity contribution is 5.70. The molecule has 0 spiro atoms. The van der Waals surface area contributed by atoms with E-state index in [0.29, 0.717) is 12.8 Å². The van der Waals surface area contributed by atoms with Crippen LogP contribution in [-0.2, 0) is 19.1 Å². The van der Waals surface area contributed by atoms with Gasteiger partial charge >= 0.3 is 11.9 Å². The van der Waals surface area contributed by atoms with Gasteiger partial charge in [-0.1, -0.05) is 148 Å². The zero-order chi connectivity index (χ0) is 36.4. The zero-order valence-electron chi connectivity index (χ0n) is 31.1. The van der Waals surface area contributed by atoms with Gasteiger partial charge < -0.3 is 14.6 Å². The Hall–Kier alpha value is -3.96. The van der Waals surface area contributed by atoms with E-state index >= 15 is 0 Å². The topological polar surface area (TPSA) is 72.8 Å². The molecule has 0 fully saturated rings. The van der Waals surface area contributed by atoms with Crippen LogP contribution in [0.5, 0.6) is 0 Å². The summed E-state index contributed by atoms with van der Waals surface area (Å²) in [6.45, 7) is 3.76. The lowest BCUT2D eigenvalue weighted by Gasteiger charge is -2.15. The first-order chi connectivity index (χ1) is 24.6. The Kier molecular flexibility index (Phi) is 36.4. The molecule has 0 heterocycles. The van der Waals surface area contributed by atoms with Crippen LogP contribution in [0, 0.1) is 0 Å². The lowest BCUT2D eigenvalue weighted by Crippen LogP contribution is -2.28. The molecule has 0 aromatic rings. The monoisotopic (exact) mass is 686 g/mol. The Labute approximate surface area is 305 Å². The summed E-state index contributed by atoms with van der Waals surface area (Å²) in [5.41, 5.74) is 0. The van der Waals surface area contributed by atoms with Gasteiger partial charge in [-0.05, 0) is 89.9 Å². The molecule has 5 heteroatoms. The zero-order valence-corrected chi connectivity index (χ0v) is 31.1. The van der Waals surface area contributed by atoms with Crippen molar-refractivity contribution in [2.45, 2.75) is 123 Å². The average molecular weight is 687 g/mol. The second-order valence-electron chi connectivity index (χ2n) is 11.5. The number of ether oxygens (including phenoxy) is 2. The van der Waals surface area contributed by atoms with Gasteiger partial charge in [-0.25, -0.2) is 0 Å². The van der Waals surface area contributed by atoms with Gasteiger partial charge in [-0.2, -0.15) is 0 Å². The van der Waals surface area contributed by atoms with Crippen LogP contribution in [0.3, 0.4) is 0 Å². The number of carbonyl (C=O) groups is 2. The van der Waals surface area contributed by atoms with Crippen molar-refractivity contribution in [3.63, 3.8) is 0 Å². The smallest absolute Gasteiger partial charge is 0.306 e. The van der Waals surface area contributed by atoms with Crippen molar-refractivity contribution < 1.29 is 24.2 Å². The summed E-state index contributed by atoms with van der Waals surface area (Å²) in [6, 6.07) is 0. The van der Waals surface area contributed by atoms with Gasteiger partial charge in [0.2, 0.25) is 0 Å². The van der Waals surface area contributed by atoms with Crippen molar-refractivity contribution in [1.82, 2.24) is 0 Å². The van der Waals surface area contributed by atoms with Gasteiger partial charge in [0.15, 0.2) is 6.10 Å². The molecule has 0 aromatic heterocycles. The molecule has 50 heavy (non-hydrogen) atoms. The fourth-order valence-corrected chi connectivity index (χ4v) is 4.20. The van der Waals surface area contributed by atoms with Crippen molar-refractivity contribution in [1.29, 1.82) is 0 Å². The van der Waals surface area contributed by atoms with E-state index in [2.05, 4.69) is 135 Å². The molecule has 0 radical (unpaired) electrons. The minimum atomic E-state index is -0.842. The minimum Gasteiger partial charge on any atom is -0.462 e. The summed E-state index contributed by atoms with van der Waals surface area (Å²) in [4.78, 5) is 24.2. The molecule has 0 rings (SSSR count). The van der Waals surface area contributed by atoms with Crippen LogP contribution in [0.2, 0.25) is 0 Å². The Balaban J connectivity index is 3.86. The molecule has 0 bridgehead atoms. The van der Waals surface area contributed by atoms with Crippen LogP contribution in [-0.4, -0.2) is 36.4 Å². The van der Waals surface area contributed by atoms with E-state index in [0.717, 1.165) is 77.0 Å². The highest BCUT2D eigenvalue weighted by Crippen LogP contribution is 2.05. The molecule has 0 saturated carbocycles. The molecule has 0 aliphatic rings. The van der Waals surface area contributed by atoms with Crippen LogP contribution in [0.25, 0.3) is 0 Å². The van der Waals surface area contributed by atoms with Crippen LogP contribution >= 0.6 is 0 Å². The third kappa shape index (κ3) is 36.9. The molecular weight excluding hydrogens is 620 g/mol. The molecule has 0 aliphatic carbocycles. The molecule has 1 N–H and O–H groups in total. The molecule has 1 atom stereocenters. The van der Waals surface area contributed by atoms with E-state index in [1.165, 1.54) is 0 Å². The van der Waals surface area contributed by atoms with E-state index < -0.39 is 12.1 Å². The first-order valence-electron chi connectivity index (χ1n) is 18.7. The predicted octanol–water partition coefficient (Wildman–Crippen LogP) is 11.8. The maximum absolute atomic E-state index is 12.1. The van der Waals surface area contributed by atoms with E-state index in [4.69, 9.17) is 9.47 Å². The number of aliphatic hydroxyl groups is 1. The van der Waals surface area contributed by atoms with Crippen LogP contribution in [0.1, 0.15) is 117 Å². The lowest BCUT2D eigenvalue weighted by atomic mass is 10.2. The highest BCUT2D eigenvalue weighted by atomic mass is 16.6. The first-order valence-corrected chi connectivity index (χ1v) is 18.7. The number of esters is 2. The van der Waals surface area contributed by atoms with Crippen LogP contribution in [0.15, 0.2) is 134 Å². The number of hydrogen-bond acceptors (Lipinski definition) is 5. The van der Waals surface area contributed by atoms with Crippen molar-refractivity contribution >= 4 is 11.9 Å². The van der Waals surface area contributed by atoms with Crippen LogP contribution in [0.4, 0.5) is 0 Å². The summed E-state index contributed by atoms with van der Waals surface area (Å²) < 4.78 is 10.5. The molecule has 276 valence electrons. The number of hydrogen-bond donors (Lipinski definition) is 1. The van der Waals surface area contributed by atoms with Gasteiger partial charge in [0, 0.05) is 12.8 Å². The first kappa shape index (κ1) is 46.0. The third-order valence-electron chi connectivity index (χ3n) is 6.95. The SMILES string of the molecule is CC/C=C\C/C=C\C/C=C\C/C=C\C/C=C\C/C=C\CCC(=O)OC[C@H](CO)OC(=O)CCC/C=C\C/C=C\C/C=C\C/C=C\C/C=C\CC. The minimum absolute atomic E-state index is 0.139. The summed E-state index contributed by atoms with van der Waals surface area (Å²) in [5, 5.41) is 9.53. The van der Waals surface area contributed by atoms with Crippen molar-refractivity contribution in [3.8, 4) is 0 Å². The lowest BCUT2D eigenvalue weighted by molar-refractivity contribution is -0.161. The maximum atomic E-state index is 12.1. The quantitative estimate of drug-likeness (QED) is 0.0446. The van der Waals surface area contributed by atoms with Crippen molar-refractivity contribution in [3.05, 3.63) is 134 Å². The fourth-order valence-electron chi connectivity index (χ4n) is 4.20. The number of unbranched alkanes of at least 4 members (excludes halogenated alkanes) is 1. The average Bonchev–Trinajstić information content (AvgIpc) is 3.12. The largest absolute Gasteiger partial charge is 0.462 e. The second-order valence-corrected chi connectivity index (χ2v) is 11.5. The standard InChI is InChI=1S/C45H66O5/c1-3-5-7-9-11-13-15-17-19-21-22-24-25-27-29-31-33-35-37-39-44(47)49-42-43(41-46)50-45(48)40-38-36-34-32-30-28-26-23-20-18-16-14-12-10-8-6-4-2/h5-8,11-14,17-20,22,24,26-29,32-35,43,46H,3-4,9-10,15-16,21,23,25,30-31,36-42H2,1-2H3/b7-5-,8-6-,13-11-,14-12-,19-17-,20-18-,24-22-,28-26-,29-27-,34-32-,35-33-/t43-/m0/s1. The van der Waals surface area contributed by atoms with Gasteiger partial charge in [-0.15, -0.1) is 0 Å². The Morgan fingerprint density at radius 2 is 0.800 bits per heavy atom. The molecule has 0 saturated heterocycles. The van der Waals surface area contributed by atoms with Crippen molar-refractivity contribution in [2.75, 3.05) is 13.2 Å². The molecule has 0 amide bonds. The van der Waals surface area contributed by atoms with Gasteiger partial charge in [0.05, 0.1) is 6.61 Å². The molecule has 0 aromatic carbocycles. The summed E-state index contributed by atoms with van der Waals surface area (Å²) in [5.74, 6) is -0.775. The maximum Gasteiger partial charge on any atom is 0.306 e. The molecular formula is C45H66O5. The third-order valence-corrected chi connectivity index (χ3v) is 6.95. The second kappa shape index (κ2) is 39.5. The molecule has 0 aliphatic heterocycles. The summed E-state index contributed by atoms with van der Waals surface area (Å²) >= 11 is 0. The van der Waals surface area contributed by atoms with Gasteiger partial charge in [0.25, 0.3) is 0 Å². The van der Waals surface area contributed by atoms with Crippen LogP contribution < -0.4 is 0 Å². The predicted molar refractivity (Wildman–Crippen MR) is 214 cm³/mol. The number of allylic oxidation sites excluding steroid dienone is 22. The fraction of sp³-hybridized carbons (Fsp3) is 0.467. The van der Waals surface area contributed by atoms with E-state index in [9.17, 15) is 14.7 Å².